The number of carbonyl (C=O) groups is 1. The maximum atomic E-state index is 12.8. The molecule has 0 aliphatic carbocycles. The van der Waals surface area contributed by atoms with E-state index >= 15 is 0 Å². The molecular formula is C14H18ClFN2O. The molecule has 1 amide bonds. The lowest BCUT2D eigenvalue weighted by Crippen LogP contribution is -2.33. The van der Waals surface area contributed by atoms with Crippen LogP contribution in [0.3, 0.4) is 0 Å². The first kappa shape index (κ1) is 14.3. The summed E-state index contributed by atoms with van der Waals surface area (Å²) >= 11 is 0. The Kier molecular flexibility index (Phi) is 4.11. The molecular weight excluding hydrogens is 267 g/mol. The first-order chi connectivity index (χ1) is 8.69. The van der Waals surface area contributed by atoms with Crippen molar-refractivity contribution in [2.24, 2.45) is 5.41 Å². The third kappa shape index (κ3) is 2.74. The van der Waals surface area contributed by atoms with E-state index in [1.807, 2.05) is 4.90 Å². The molecule has 0 saturated carbocycles. The van der Waals surface area contributed by atoms with Gasteiger partial charge in [0.05, 0.1) is 0 Å². The number of halogens is 2. The van der Waals surface area contributed by atoms with Crippen LogP contribution in [-0.4, -0.2) is 37.0 Å². The molecule has 2 aliphatic heterocycles. The molecule has 3 rings (SSSR count). The maximum Gasteiger partial charge on any atom is 0.253 e. The van der Waals surface area contributed by atoms with Crippen LogP contribution in [0.25, 0.3) is 0 Å². The number of hydrogen-bond acceptors (Lipinski definition) is 2. The van der Waals surface area contributed by atoms with E-state index in [-0.39, 0.29) is 29.5 Å². The third-order valence-corrected chi connectivity index (χ3v) is 4.15. The summed E-state index contributed by atoms with van der Waals surface area (Å²) in [5.74, 6) is -0.275. The molecule has 0 bridgehead atoms. The molecule has 1 atom stereocenters. The molecule has 0 aromatic heterocycles. The highest BCUT2D eigenvalue weighted by Crippen LogP contribution is 2.36. The van der Waals surface area contributed by atoms with Crippen molar-refractivity contribution in [1.29, 1.82) is 0 Å². The van der Waals surface area contributed by atoms with Gasteiger partial charge >= 0.3 is 0 Å². The highest BCUT2D eigenvalue weighted by Gasteiger charge is 2.41. The minimum atomic E-state index is -0.301. The SMILES string of the molecule is Cl.O=C(c1ccc(F)cc1)N1CCC2(CCNC2)C1. The highest BCUT2D eigenvalue weighted by molar-refractivity contribution is 5.94. The van der Waals surface area contributed by atoms with Crippen LogP contribution < -0.4 is 5.32 Å². The maximum absolute atomic E-state index is 12.8. The number of carbonyl (C=O) groups excluding carboxylic acids is 1. The number of rotatable bonds is 1. The van der Waals surface area contributed by atoms with Gasteiger partial charge in [0.25, 0.3) is 5.91 Å². The minimum absolute atomic E-state index is 0. The molecule has 19 heavy (non-hydrogen) atoms. The summed E-state index contributed by atoms with van der Waals surface area (Å²) in [5, 5.41) is 3.37. The third-order valence-electron chi connectivity index (χ3n) is 4.15. The van der Waals surface area contributed by atoms with Crippen molar-refractivity contribution in [3.8, 4) is 0 Å². The summed E-state index contributed by atoms with van der Waals surface area (Å²) in [6.07, 6.45) is 2.23. The monoisotopic (exact) mass is 284 g/mol. The van der Waals surface area contributed by atoms with Crippen LogP contribution in [0, 0.1) is 11.2 Å². The molecule has 1 spiro atoms. The van der Waals surface area contributed by atoms with Crippen molar-refractivity contribution in [2.45, 2.75) is 12.8 Å². The van der Waals surface area contributed by atoms with E-state index in [9.17, 15) is 9.18 Å². The van der Waals surface area contributed by atoms with Crippen LogP contribution in [0.4, 0.5) is 4.39 Å². The van der Waals surface area contributed by atoms with Crippen LogP contribution in [0.1, 0.15) is 23.2 Å². The van der Waals surface area contributed by atoms with Crippen molar-refractivity contribution in [3.63, 3.8) is 0 Å². The normalized spacial score (nSPS) is 25.6. The highest BCUT2D eigenvalue weighted by atomic mass is 35.5. The average molecular weight is 285 g/mol. The van der Waals surface area contributed by atoms with Gasteiger partial charge in [0.15, 0.2) is 0 Å². The molecule has 2 fully saturated rings. The van der Waals surface area contributed by atoms with Crippen molar-refractivity contribution >= 4 is 18.3 Å². The van der Waals surface area contributed by atoms with Gasteiger partial charge in [-0.25, -0.2) is 4.39 Å². The second-order valence-corrected chi connectivity index (χ2v) is 5.41. The Morgan fingerprint density at radius 2 is 2.00 bits per heavy atom. The largest absolute Gasteiger partial charge is 0.338 e. The van der Waals surface area contributed by atoms with E-state index < -0.39 is 0 Å². The Morgan fingerprint density at radius 1 is 1.26 bits per heavy atom. The lowest BCUT2D eigenvalue weighted by atomic mass is 9.86. The Balaban J connectivity index is 0.00000133. The van der Waals surface area contributed by atoms with Gasteiger partial charge in [-0.05, 0) is 43.7 Å². The van der Waals surface area contributed by atoms with Crippen molar-refractivity contribution in [2.75, 3.05) is 26.2 Å². The molecule has 3 nitrogen and oxygen atoms in total. The summed E-state index contributed by atoms with van der Waals surface area (Å²) in [4.78, 5) is 14.2. The number of likely N-dealkylation sites (tertiary alicyclic amines) is 1. The summed E-state index contributed by atoms with van der Waals surface area (Å²) in [6.45, 7) is 3.72. The molecule has 2 aliphatic rings. The van der Waals surface area contributed by atoms with Crippen LogP contribution in [-0.2, 0) is 0 Å². The fourth-order valence-corrected chi connectivity index (χ4v) is 3.03. The molecule has 1 aromatic rings. The van der Waals surface area contributed by atoms with Gasteiger partial charge in [0.1, 0.15) is 5.82 Å². The van der Waals surface area contributed by atoms with E-state index in [4.69, 9.17) is 0 Å². The molecule has 1 unspecified atom stereocenters. The molecule has 1 N–H and O–H groups in total. The van der Waals surface area contributed by atoms with E-state index in [2.05, 4.69) is 5.32 Å². The van der Waals surface area contributed by atoms with Gasteiger partial charge in [0.2, 0.25) is 0 Å². The number of hydrogen-bond donors (Lipinski definition) is 1. The molecule has 5 heteroatoms. The quantitative estimate of drug-likeness (QED) is 0.856. The van der Waals surface area contributed by atoms with Crippen LogP contribution >= 0.6 is 12.4 Å². The summed E-state index contributed by atoms with van der Waals surface area (Å²) in [5.41, 5.74) is 0.870. The topological polar surface area (TPSA) is 32.3 Å². The van der Waals surface area contributed by atoms with E-state index in [1.54, 1.807) is 12.1 Å². The Morgan fingerprint density at radius 3 is 2.63 bits per heavy atom. The predicted octanol–water partition coefficient (Wildman–Crippen LogP) is 2.07. The van der Waals surface area contributed by atoms with Gasteiger partial charge in [-0.3, -0.25) is 4.79 Å². The molecule has 1 aromatic carbocycles. The first-order valence-electron chi connectivity index (χ1n) is 6.44. The second kappa shape index (κ2) is 5.47. The standard InChI is InChI=1S/C14H17FN2O.ClH/c15-12-3-1-11(2-4-12)13(18)17-8-6-14(10-17)5-7-16-9-14;/h1-4,16H,5-10H2;1H. The number of amides is 1. The summed E-state index contributed by atoms with van der Waals surface area (Å²) in [7, 11) is 0. The lowest BCUT2D eigenvalue weighted by Gasteiger charge is -2.22. The second-order valence-electron chi connectivity index (χ2n) is 5.41. The number of nitrogens with one attached hydrogen (secondary N) is 1. The van der Waals surface area contributed by atoms with Crippen molar-refractivity contribution in [1.82, 2.24) is 10.2 Å². The minimum Gasteiger partial charge on any atom is -0.338 e. The van der Waals surface area contributed by atoms with Crippen LogP contribution in [0.5, 0.6) is 0 Å². The van der Waals surface area contributed by atoms with E-state index in [1.165, 1.54) is 12.1 Å². The molecule has 0 radical (unpaired) electrons. The van der Waals surface area contributed by atoms with Gasteiger partial charge in [-0.2, -0.15) is 0 Å². The first-order valence-corrected chi connectivity index (χ1v) is 6.44. The Hall–Kier alpha value is -1.13. The Labute approximate surface area is 118 Å². The van der Waals surface area contributed by atoms with Gasteiger partial charge in [0, 0.05) is 30.6 Å². The average Bonchev–Trinajstić information content (AvgIpc) is 3.01. The zero-order valence-corrected chi connectivity index (χ0v) is 11.5. The summed E-state index contributed by atoms with van der Waals surface area (Å²) in [6, 6.07) is 5.82. The number of nitrogens with zero attached hydrogens (tertiary/aromatic N) is 1. The smallest absolute Gasteiger partial charge is 0.253 e. The van der Waals surface area contributed by atoms with Crippen molar-refractivity contribution < 1.29 is 9.18 Å². The van der Waals surface area contributed by atoms with Crippen molar-refractivity contribution in [3.05, 3.63) is 35.6 Å². The van der Waals surface area contributed by atoms with Crippen LogP contribution in [0.2, 0.25) is 0 Å². The number of benzene rings is 1. The van der Waals surface area contributed by atoms with Gasteiger partial charge in [-0.1, -0.05) is 0 Å². The molecule has 104 valence electrons. The summed E-state index contributed by atoms with van der Waals surface area (Å²) < 4.78 is 12.8. The predicted molar refractivity (Wildman–Crippen MR) is 74.1 cm³/mol. The molecule has 2 saturated heterocycles. The Bertz CT molecular complexity index is 457. The van der Waals surface area contributed by atoms with Gasteiger partial charge < -0.3 is 10.2 Å². The van der Waals surface area contributed by atoms with E-state index in [0.29, 0.717) is 5.56 Å². The lowest BCUT2D eigenvalue weighted by molar-refractivity contribution is 0.0775. The van der Waals surface area contributed by atoms with Gasteiger partial charge in [-0.15, -0.1) is 12.4 Å². The van der Waals surface area contributed by atoms with Crippen LogP contribution in [0.15, 0.2) is 24.3 Å². The fourth-order valence-electron chi connectivity index (χ4n) is 3.03. The van der Waals surface area contributed by atoms with E-state index in [0.717, 1.165) is 39.0 Å². The zero-order valence-electron chi connectivity index (χ0n) is 10.7. The zero-order chi connectivity index (χ0) is 12.6. The molecule has 2 heterocycles. The fraction of sp³-hybridized carbons (Fsp3) is 0.500.